The normalized spacial score (nSPS) is 10.7. The van der Waals surface area contributed by atoms with Crippen molar-refractivity contribution in [2.24, 2.45) is 5.73 Å². The predicted molar refractivity (Wildman–Crippen MR) is 110 cm³/mol. The molecule has 144 valence electrons. The van der Waals surface area contributed by atoms with E-state index in [1.54, 1.807) is 35.4 Å². The third-order valence-electron chi connectivity index (χ3n) is 4.59. The van der Waals surface area contributed by atoms with Crippen molar-refractivity contribution in [3.8, 4) is 0 Å². The fourth-order valence-corrected chi connectivity index (χ4v) is 3.01. The summed E-state index contributed by atoms with van der Waals surface area (Å²) in [5.41, 5.74) is 8.98. The lowest BCUT2D eigenvalue weighted by Gasteiger charge is -2.21. The molecule has 0 aliphatic rings. The van der Waals surface area contributed by atoms with Gasteiger partial charge in [-0.1, -0.05) is 0 Å². The van der Waals surface area contributed by atoms with Gasteiger partial charge in [-0.2, -0.15) is 0 Å². The van der Waals surface area contributed by atoms with Gasteiger partial charge in [0.25, 0.3) is 5.91 Å². The quantitative estimate of drug-likeness (QED) is 0.686. The Balaban J connectivity index is 2.12. The number of aromatic nitrogens is 2. The molecule has 3 rings (SSSR count). The van der Waals surface area contributed by atoms with Crippen molar-refractivity contribution < 1.29 is 9.59 Å². The van der Waals surface area contributed by atoms with Gasteiger partial charge in [0.2, 0.25) is 5.91 Å². The monoisotopic (exact) mass is 377 g/mol. The molecule has 0 radical (unpaired) electrons. The predicted octanol–water partition coefficient (Wildman–Crippen LogP) is 3.26. The summed E-state index contributed by atoms with van der Waals surface area (Å²) in [6.07, 6.45) is 1.57. The van der Waals surface area contributed by atoms with Crippen LogP contribution >= 0.6 is 0 Å². The van der Waals surface area contributed by atoms with Crippen LogP contribution in [0.1, 0.15) is 40.3 Å². The summed E-state index contributed by atoms with van der Waals surface area (Å²) in [6.45, 7) is 6.98. The molecule has 7 heteroatoms. The number of carbonyl (C=O) groups is 2. The molecule has 2 aromatic heterocycles. The molecule has 0 aliphatic heterocycles. The molecule has 0 unspecified atom stereocenters. The molecule has 0 bridgehead atoms. The molecule has 0 saturated heterocycles. The molecule has 0 fully saturated rings. The Morgan fingerprint density at radius 1 is 1.07 bits per heavy atom. The summed E-state index contributed by atoms with van der Waals surface area (Å²) in [7, 11) is 0. The standard InChI is InChI=1S/C21H23N5O2/c1-4-26(5-2)21(28)17-12-23-20-16(11-6-13(3)24-20)18(17)25-15-9-7-14(8-10-15)19(22)27/h6-12H,4-5H2,1-3H3,(H2,22,27)(H,23,24,25). The van der Waals surface area contributed by atoms with Crippen LogP contribution in [0.2, 0.25) is 0 Å². The second-order valence-electron chi connectivity index (χ2n) is 6.41. The van der Waals surface area contributed by atoms with E-state index >= 15 is 0 Å². The number of hydrogen-bond donors (Lipinski definition) is 2. The van der Waals surface area contributed by atoms with E-state index in [0.29, 0.717) is 35.6 Å². The number of hydrogen-bond acceptors (Lipinski definition) is 5. The first-order valence-corrected chi connectivity index (χ1v) is 9.17. The number of benzene rings is 1. The van der Waals surface area contributed by atoms with Crippen LogP contribution in [0.25, 0.3) is 11.0 Å². The molecule has 1 aromatic carbocycles. The lowest BCUT2D eigenvalue weighted by atomic mass is 10.1. The number of nitrogens with zero attached hydrogens (tertiary/aromatic N) is 3. The van der Waals surface area contributed by atoms with Crippen LogP contribution in [-0.2, 0) is 0 Å². The van der Waals surface area contributed by atoms with Crippen molar-refractivity contribution in [2.45, 2.75) is 20.8 Å². The molecule has 2 amide bonds. The first-order valence-electron chi connectivity index (χ1n) is 9.17. The lowest BCUT2D eigenvalue weighted by molar-refractivity contribution is 0.0773. The Morgan fingerprint density at radius 2 is 1.75 bits per heavy atom. The van der Waals surface area contributed by atoms with Crippen LogP contribution in [-0.4, -0.2) is 39.8 Å². The number of nitrogens with one attached hydrogen (secondary N) is 1. The highest BCUT2D eigenvalue weighted by atomic mass is 16.2. The van der Waals surface area contributed by atoms with E-state index in [4.69, 9.17) is 5.73 Å². The second kappa shape index (κ2) is 8.04. The average molecular weight is 377 g/mol. The minimum atomic E-state index is -0.488. The summed E-state index contributed by atoms with van der Waals surface area (Å²) < 4.78 is 0. The molecule has 0 atom stereocenters. The van der Waals surface area contributed by atoms with Gasteiger partial charge in [-0.25, -0.2) is 9.97 Å². The number of fused-ring (bicyclic) bond motifs is 1. The third kappa shape index (κ3) is 3.78. The Hall–Kier alpha value is -3.48. The Bertz CT molecular complexity index is 1030. The maximum atomic E-state index is 13.0. The summed E-state index contributed by atoms with van der Waals surface area (Å²) >= 11 is 0. The van der Waals surface area contributed by atoms with Gasteiger partial charge in [0.05, 0.1) is 11.3 Å². The lowest BCUT2D eigenvalue weighted by Crippen LogP contribution is -2.31. The number of primary amides is 1. The van der Waals surface area contributed by atoms with Gasteiger partial charge in [0.1, 0.15) is 0 Å². The Labute approximate surface area is 163 Å². The van der Waals surface area contributed by atoms with Crippen molar-refractivity contribution >= 4 is 34.2 Å². The topological polar surface area (TPSA) is 101 Å². The largest absolute Gasteiger partial charge is 0.366 e. The van der Waals surface area contributed by atoms with Gasteiger partial charge in [-0.3, -0.25) is 9.59 Å². The van der Waals surface area contributed by atoms with Crippen molar-refractivity contribution in [1.82, 2.24) is 14.9 Å². The highest BCUT2D eigenvalue weighted by Gasteiger charge is 2.20. The van der Waals surface area contributed by atoms with Gasteiger partial charge >= 0.3 is 0 Å². The van der Waals surface area contributed by atoms with Crippen molar-refractivity contribution in [1.29, 1.82) is 0 Å². The molecule has 7 nitrogen and oxygen atoms in total. The zero-order chi connectivity index (χ0) is 20.3. The maximum absolute atomic E-state index is 13.0. The summed E-state index contributed by atoms with van der Waals surface area (Å²) in [6, 6.07) is 10.6. The number of pyridine rings is 2. The van der Waals surface area contributed by atoms with Gasteiger partial charge < -0.3 is 16.0 Å². The Morgan fingerprint density at radius 3 is 2.36 bits per heavy atom. The molecule has 0 spiro atoms. The molecule has 3 aromatic rings. The zero-order valence-electron chi connectivity index (χ0n) is 16.2. The molecule has 0 aliphatic carbocycles. The SMILES string of the molecule is CCN(CC)C(=O)c1cnc2nc(C)ccc2c1Nc1ccc(C(N)=O)cc1. The number of amides is 2. The molecule has 3 N–H and O–H groups in total. The Kier molecular flexibility index (Phi) is 5.54. The minimum absolute atomic E-state index is 0.101. The van der Waals surface area contributed by atoms with E-state index in [2.05, 4.69) is 15.3 Å². The van der Waals surface area contributed by atoms with E-state index in [1.165, 1.54) is 0 Å². The fourth-order valence-electron chi connectivity index (χ4n) is 3.01. The van der Waals surface area contributed by atoms with Gasteiger partial charge in [-0.15, -0.1) is 0 Å². The van der Waals surface area contributed by atoms with Crippen LogP contribution in [0.15, 0.2) is 42.6 Å². The molecular formula is C21H23N5O2. The highest BCUT2D eigenvalue weighted by Crippen LogP contribution is 2.29. The summed E-state index contributed by atoms with van der Waals surface area (Å²) in [5.74, 6) is -0.589. The first-order chi connectivity index (χ1) is 13.4. The van der Waals surface area contributed by atoms with Crippen LogP contribution in [0.3, 0.4) is 0 Å². The third-order valence-corrected chi connectivity index (χ3v) is 4.59. The number of nitrogens with two attached hydrogens (primary N) is 1. The van der Waals surface area contributed by atoms with E-state index in [9.17, 15) is 9.59 Å². The highest BCUT2D eigenvalue weighted by molar-refractivity contribution is 6.07. The number of anilines is 2. The zero-order valence-corrected chi connectivity index (χ0v) is 16.2. The van der Waals surface area contributed by atoms with Crippen molar-refractivity contribution in [2.75, 3.05) is 18.4 Å². The van der Waals surface area contributed by atoms with E-state index < -0.39 is 5.91 Å². The first kappa shape index (κ1) is 19.3. The number of carbonyl (C=O) groups excluding carboxylic acids is 2. The van der Waals surface area contributed by atoms with Crippen LogP contribution in [0, 0.1) is 6.92 Å². The molecule has 0 saturated carbocycles. The fraction of sp³-hybridized carbons (Fsp3) is 0.238. The van der Waals surface area contributed by atoms with Crippen molar-refractivity contribution in [3.05, 3.63) is 59.4 Å². The molecule has 2 heterocycles. The van der Waals surface area contributed by atoms with Crippen molar-refractivity contribution in [3.63, 3.8) is 0 Å². The number of rotatable bonds is 6. The maximum Gasteiger partial charge on any atom is 0.257 e. The van der Waals surface area contributed by atoms with Crippen LogP contribution in [0.5, 0.6) is 0 Å². The minimum Gasteiger partial charge on any atom is -0.366 e. The number of aryl methyl sites for hydroxylation is 1. The van der Waals surface area contributed by atoms with Crippen LogP contribution < -0.4 is 11.1 Å². The molecular weight excluding hydrogens is 354 g/mol. The van der Waals surface area contributed by atoms with Gasteiger partial charge in [-0.05, 0) is 57.2 Å². The summed E-state index contributed by atoms with van der Waals surface area (Å²) in [4.78, 5) is 34.9. The van der Waals surface area contributed by atoms with Gasteiger partial charge in [0.15, 0.2) is 5.65 Å². The van der Waals surface area contributed by atoms with E-state index in [1.807, 2.05) is 32.9 Å². The molecule has 28 heavy (non-hydrogen) atoms. The summed E-state index contributed by atoms with van der Waals surface area (Å²) in [5, 5.41) is 4.06. The average Bonchev–Trinajstić information content (AvgIpc) is 2.69. The second-order valence-corrected chi connectivity index (χ2v) is 6.41. The van der Waals surface area contributed by atoms with E-state index in [0.717, 1.165) is 16.8 Å². The van der Waals surface area contributed by atoms with Crippen LogP contribution in [0.4, 0.5) is 11.4 Å². The van der Waals surface area contributed by atoms with E-state index in [-0.39, 0.29) is 5.91 Å². The van der Waals surface area contributed by atoms with Gasteiger partial charge in [0, 0.05) is 41.6 Å². The smallest absolute Gasteiger partial charge is 0.257 e.